The molecule has 1 saturated heterocycles. The zero-order valence-electron chi connectivity index (χ0n) is 12.2. The number of para-hydroxylation sites is 1. The highest BCUT2D eigenvalue weighted by Crippen LogP contribution is 2.26. The van der Waals surface area contributed by atoms with Gasteiger partial charge in [0.05, 0.1) is 6.10 Å². The molecule has 0 spiro atoms. The Hall–Kier alpha value is -1.06. The molecule has 0 amide bonds. The van der Waals surface area contributed by atoms with Gasteiger partial charge in [0.25, 0.3) is 0 Å². The van der Waals surface area contributed by atoms with E-state index in [-0.39, 0.29) is 6.10 Å². The molecule has 1 aliphatic heterocycles. The number of aliphatic hydroxyl groups is 1. The van der Waals surface area contributed by atoms with E-state index in [2.05, 4.69) is 40.5 Å². The van der Waals surface area contributed by atoms with E-state index >= 15 is 0 Å². The summed E-state index contributed by atoms with van der Waals surface area (Å²) in [4.78, 5) is 2.52. The monoisotopic (exact) mass is 274 g/mol. The average molecular weight is 274 g/mol. The van der Waals surface area contributed by atoms with Crippen molar-refractivity contribution in [3.8, 4) is 0 Å². The van der Waals surface area contributed by atoms with Crippen LogP contribution in [0, 0.1) is 0 Å². The van der Waals surface area contributed by atoms with Gasteiger partial charge in [-0.15, -0.1) is 0 Å². The summed E-state index contributed by atoms with van der Waals surface area (Å²) in [5.41, 5.74) is 1.23. The number of rotatable bonds is 3. The molecule has 0 bridgehead atoms. The molecule has 2 fully saturated rings. The minimum atomic E-state index is -0.0950. The number of hydrogen-bond donors (Lipinski definition) is 2. The lowest BCUT2D eigenvalue weighted by atomic mass is 9.89. The SMILES string of the molecule is O[C@@H]1CCCC[C@H]1N1CCC(Nc2ccccc2)CC1. The lowest BCUT2D eigenvalue weighted by Crippen LogP contribution is -2.50. The Kier molecular flexibility index (Phi) is 4.58. The van der Waals surface area contributed by atoms with Gasteiger partial charge in [-0.1, -0.05) is 31.0 Å². The number of nitrogens with zero attached hydrogens (tertiary/aromatic N) is 1. The molecule has 20 heavy (non-hydrogen) atoms. The van der Waals surface area contributed by atoms with E-state index in [0.717, 1.165) is 19.5 Å². The van der Waals surface area contributed by atoms with Gasteiger partial charge in [-0.2, -0.15) is 0 Å². The van der Waals surface area contributed by atoms with Crippen molar-refractivity contribution in [2.24, 2.45) is 0 Å². The predicted octanol–water partition coefficient (Wildman–Crippen LogP) is 2.87. The fourth-order valence-electron chi connectivity index (χ4n) is 3.66. The van der Waals surface area contributed by atoms with E-state index < -0.39 is 0 Å². The molecule has 0 aromatic heterocycles. The first kappa shape index (κ1) is 13.9. The van der Waals surface area contributed by atoms with Gasteiger partial charge in [-0.3, -0.25) is 4.90 Å². The van der Waals surface area contributed by atoms with Crippen molar-refractivity contribution in [3.05, 3.63) is 30.3 Å². The van der Waals surface area contributed by atoms with Crippen LogP contribution >= 0.6 is 0 Å². The van der Waals surface area contributed by atoms with Crippen molar-refractivity contribution in [2.75, 3.05) is 18.4 Å². The molecule has 1 heterocycles. The minimum absolute atomic E-state index is 0.0950. The maximum Gasteiger partial charge on any atom is 0.0695 e. The lowest BCUT2D eigenvalue weighted by Gasteiger charge is -2.41. The highest BCUT2D eigenvalue weighted by Gasteiger charge is 2.31. The molecule has 1 aliphatic carbocycles. The van der Waals surface area contributed by atoms with Crippen molar-refractivity contribution in [1.82, 2.24) is 4.90 Å². The van der Waals surface area contributed by atoms with Crippen LogP contribution in [0.3, 0.4) is 0 Å². The first-order valence-electron chi connectivity index (χ1n) is 8.06. The van der Waals surface area contributed by atoms with Crippen LogP contribution in [-0.2, 0) is 0 Å². The van der Waals surface area contributed by atoms with E-state index in [1.54, 1.807) is 0 Å². The Balaban J connectivity index is 1.49. The normalized spacial score (nSPS) is 29.2. The van der Waals surface area contributed by atoms with Crippen molar-refractivity contribution in [3.63, 3.8) is 0 Å². The molecule has 2 N–H and O–H groups in total. The van der Waals surface area contributed by atoms with Gasteiger partial charge in [-0.05, 0) is 37.8 Å². The van der Waals surface area contributed by atoms with Gasteiger partial charge in [0.2, 0.25) is 0 Å². The van der Waals surface area contributed by atoms with E-state index in [4.69, 9.17) is 0 Å². The molecular weight excluding hydrogens is 248 g/mol. The summed E-state index contributed by atoms with van der Waals surface area (Å²) in [6.45, 7) is 2.23. The highest BCUT2D eigenvalue weighted by molar-refractivity contribution is 5.43. The topological polar surface area (TPSA) is 35.5 Å². The molecule has 1 saturated carbocycles. The third-order valence-electron chi connectivity index (χ3n) is 4.84. The van der Waals surface area contributed by atoms with Crippen LogP contribution in [-0.4, -0.2) is 41.3 Å². The second-order valence-corrected chi connectivity index (χ2v) is 6.24. The summed E-state index contributed by atoms with van der Waals surface area (Å²) < 4.78 is 0. The Morgan fingerprint density at radius 2 is 1.65 bits per heavy atom. The maximum atomic E-state index is 10.2. The Labute approximate surface area is 122 Å². The molecule has 3 heteroatoms. The molecule has 0 unspecified atom stereocenters. The van der Waals surface area contributed by atoms with E-state index in [1.807, 2.05) is 0 Å². The smallest absolute Gasteiger partial charge is 0.0695 e. The molecule has 1 aromatic carbocycles. The fourth-order valence-corrected chi connectivity index (χ4v) is 3.66. The molecule has 0 radical (unpaired) electrons. The molecule has 110 valence electrons. The van der Waals surface area contributed by atoms with Crippen LogP contribution in [0.25, 0.3) is 0 Å². The third-order valence-corrected chi connectivity index (χ3v) is 4.84. The van der Waals surface area contributed by atoms with Crippen LogP contribution in [0.2, 0.25) is 0 Å². The Bertz CT molecular complexity index is 401. The molecule has 3 rings (SSSR count). The van der Waals surface area contributed by atoms with Gasteiger partial charge in [0, 0.05) is 30.9 Å². The second-order valence-electron chi connectivity index (χ2n) is 6.24. The van der Waals surface area contributed by atoms with E-state index in [0.29, 0.717) is 12.1 Å². The summed E-state index contributed by atoms with van der Waals surface area (Å²) in [5, 5.41) is 13.8. The minimum Gasteiger partial charge on any atom is -0.391 e. The quantitative estimate of drug-likeness (QED) is 0.889. The molecule has 2 atom stereocenters. The Morgan fingerprint density at radius 1 is 0.950 bits per heavy atom. The van der Waals surface area contributed by atoms with Gasteiger partial charge >= 0.3 is 0 Å². The number of benzene rings is 1. The zero-order chi connectivity index (χ0) is 13.8. The number of aliphatic hydroxyl groups excluding tert-OH is 1. The number of anilines is 1. The van der Waals surface area contributed by atoms with Crippen LogP contribution in [0.4, 0.5) is 5.69 Å². The Morgan fingerprint density at radius 3 is 2.35 bits per heavy atom. The fraction of sp³-hybridized carbons (Fsp3) is 0.647. The van der Waals surface area contributed by atoms with Crippen LogP contribution in [0.15, 0.2) is 30.3 Å². The van der Waals surface area contributed by atoms with E-state index in [1.165, 1.54) is 37.8 Å². The molecule has 1 aromatic rings. The first-order valence-corrected chi connectivity index (χ1v) is 8.06. The largest absolute Gasteiger partial charge is 0.391 e. The first-order chi connectivity index (χ1) is 9.83. The number of nitrogens with one attached hydrogen (secondary N) is 1. The third kappa shape index (κ3) is 3.33. The number of likely N-dealkylation sites (tertiary alicyclic amines) is 1. The predicted molar refractivity (Wildman–Crippen MR) is 82.9 cm³/mol. The maximum absolute atomic E-state index is 10.2. The number of hydrogen-bond acceptors (Lipinski definition) is 3. The van der Waals surface area contributed by atoms with Gasteiger partial charge in [0.1, 0.15) is 0 Å². The summed E-state index contributed by atoms with van der Waals surface area (Å²) in [5.74, 6) is 0. The van der Waals surface area contributed by atoms with Crippen LogP contribution < -0.4 is 5.32 Å². The highest BCUT2D eigenvalue weighted by atomic mass is 16.3. The standard InChI is InChI=1S/C17H26N2O/c20-17-9-5-4-8-16(17)19-12-10-15(11-13-19)18-14-6-2-1-3-7-14/h1-3,6-7,15-18,20H,4-5,8-13H2/t16-,17-/m1/s1. The van der Waals surface area contributed by atoms with Gasteiger partial charge in [0.15, 0.2) is 0 Å². The summed E-state index contributed by atoms with van der Waals surface area (Å²) in [7, 11) is 0. The lowest BCUT2D eigenvalue weighted by molar-refractivity contribution is 0.00994. The summed E-state index contributed by atoms with van der Waals surface area (Å²) in [6, 6.07) is 11.5. The van der Waals surface area contributed by atoms with Crippen molar-refractivity contribution < 1.29 is 5.11 Å². The van der Waals surface area contributed by atoms with Crippen molar-refractivity contribution >= 4 is 5.69 Å². The van der Waals surface area contributed by atoms with Crippen LogP contribution in [0.5, 0.6) is 0 Å². The molecular formula is C17H26N2O. The summed E-state index contributed by atoms with van der Waals surface area (Å²) >= 11 is 0. The van der Waals surface area contributed by atoms with Crippen molar-refractivity contribution in [1.29, 1.82) is 0 Å². The average Bonchev–Trinajstić information content (AvgIpc) is 2.50. The zero-order valence-corrected chi connectivity index (χ0v) is 12.2. The molecule has 3 nitrogen and oxygen atoms in total. The second kappa shape index (κ2) is 6.59. The van der Waals surface area contributed by atoms with E-state index in [9.17, 15) is 5.11 Å². The van der Waals surface area contributed by atoms with Gasteiger partial charge in [-0.25, -0.2) is 0 Å². The number of piperidine rings is 1. The molecule has 2 aliphatic rings. The van der Waals surface area contributed by atoms with Gasteiger partial charge < -0.3 is 10.4 Å². The van der Waals surface area contributed by atoms with Crippen molar-refractivity contribution in [2.45, 2.75) is 56.7 Å². The summed E-state index contributed by atoms with van der Waals surface area (Å²) in [6.07, 6.45) is 6.91. The van der Waals surface area contributed by atoms with Crippen LogP contribution in [0.1, 0.15) is 38.5 Å².